The molecule has 1 heterocycles. The number of hydrogen-bond donors (Lipinski definition) is 5. The maximum Gasteiger partial charge on any atom is 0.303 e. The van der Waals surface area contributed by atoms with Crippen LogP contribution < -0.4 is 21.3 Å². The van der Waals surface area contributed by atoms with Gasteiger partial charge in [-0.15, -0.1) is 0 Å². The van der Waals surface area contributed by atoms with Gasteiger partial charge in [0.05, 0.1) is 45.7 Å². The molecule has 0 aromatic heterocycles. The normalized spacial score (nSPS) is 13.9. The van der Waals surface area contributed by atoms with Crippen LogP contribution in [-0.2, 0) is 47.7 Å². The quantitative estimate of drug-likeness (QED) is 0.0419. The van der Waals surface area contributed by atoms with E-state index in [9.17, 15) is 28.8 Å². The lowest BCUT2D eigenvalue weighted by atomic mass is 10.0. The summed E-state index contributed by atoms with van der Waals surface area (Å²) in [5.74, 6) is -1.26. The molecule has 1 aliphatic rings. The average molecular weight is 858 g/mol. The molecule has 16 heteroatoms. The minimum Gasteiger partial charge on any atom is -0.481 e. The van der Waals surface area contributed by atoms with Gasteiger partial charge in [-0.2, -0.15) is 0 Å². The Morgan fingerprint density at radius 2 is 1.08 bits per heavy atom. The van der Waals surface area contributed by atoms with Gasteiger partial charge >= 0.3 is 5.97 Å². The second kappa shape index (κ2) is 42.5. The van der Waals surface area contributed by atoms with Crippen molar-refractivity contribution in [1.82, 2.24) is 26.2 Å². The third-order valence-corrected chi connectivity index (χ3v) is 10.0. The molecule has 0 radical (unpaired) electrons. The molecule has 16 nitrogen and oxygen atoms in total. The van der Waals surface area contributed by atoms with Gasteiger partial charge in [0, 0.05) is 39.0 Å². The third kappa shape index (κ3) is 34.5. The van der Waals surface area contributed by atoms with Crippen molar-refractivity contribution in [3.05, 3.63) is 0 Å². The molecule has 60 heavy (non-hydrogen) atoms. The van der Waals surface area contributed by atoms with Gasteiger partial charge in [-0.25, -0.2) is 0 Å². The Bertz CT molecular complexity index is 1100. The maximum atomic E-state index is 12.9. The highest BCUT2D eigenvalue weighted by atomic mass is 16.5. The van der Waals surface area contributed by atoms with E-state index in [0.717, 1.165) is 70.5 Å². The van der Waals surface area contributed by atoms with E-state index in [1.54, 1.807) is 11.9 Å². The van der Waals surface area contributed by atoms with Gasteiger partial charge in [-0.05, 0) is 52.0 Å². The number of nitrogens with zero attached hydrogens (tertiary/aromatic N) is 1. The van der Waals surface area contributed by atoms with E-state index in [2.05, 4.69) is 21.3 Å². The summed E-state index contributed by atoms with van der Waals surface area (Å²) in [6.45, 7) is 7.26. The number of unbranched alkanes of at least 4 members (excludes halogenated alkanes) is 14. The fraction of sp³-hybridized carbons (Fsp3) is 0.864. The molecule has 0 aliphatic carbocycles. The lowest BCUT2D eigenvalue weighted by Crippen LogP contribution is -2.46. The molecular weight excluding hydrogens is 775 g/mol. The van der Waals surface area contributed by atoms with Crippen molar-refractivity contribution in [2.45, 2.75) is 161 Å². The van der Waals surface area contributed by atoms with Gasteiger partial charge in [-0.1, -0.05) is 90.9 Å². The number of carbonyl (C=O) groups is 6. The van der Waals surface area contributed by atoms with Crippen LogP contribution in [0, 0.1) is 0 Å². The van der Waals surface area contributed by atoms with Gasteiger partial charge in [0.1, 0.15) is 25.5 Å². The van der Waals surface area contributed by atoms with Gasteiger partial charge in [0.15, 0.2) is 0 Å². The molecule has 1 rings (SSSR count). The maximum absolute atomic E-state index is 12.9. The first-order valence-electron chi connectivity index (χ1n) is 23.0. The zero-order chi connectivity index (χ0) is 44.3. The molecule has 0 aromatic rings. The number of aldehydes is 1. The van der Waals surface area contributed by atoms with Crippen LogP contribution in [0.25, 0.3) is 0 Å². The molecule has 0 bridgehead atoms. The number of rotatable bonds is 41. The fourth-order valence-electron chi connectivity index (χ4n) is 6.65. The number of carbonyl (C=O) groups excluding carboxylic acids is 5. The number of aliphatic carboxylic acids is 1. The van der Waals surface area contributed by atoms with Crippen molar-refractivity contribution in [2.75, 3.05) is 86.1 Å². The molecular formula is C44H83N5O11. The Morgan fingerprint density at radius 1 is 0.617 bits per heavy atom. The monoisotopic (exact) mass is 858 g/mol. The van der Waals surface area contributed by atoms with Crippen LogP contribution in [0.2, 0.25) is 0 Å². The Balaban J connectivity index is 0.0000171. The van der Waals surface area contributed by atoms with E-state index in [4.69, 9.17) is 24.1 Å². The molecule has 350 valence electrons. The summed E-state index contributed by atoms with van der Waals surface area (Å²) in [5.41, 5.74) is 0. The van der Waals surface area contributed by atoms with Gasteiger partial charge in [-0.3, -0.25) is 24.0 Å². The summed E-state index contributed by atoms with van der Waals surface area (Å²) < 4.78 is 21.5. The van der Waals surface area contributed by atoms with Crippen molar-refractivity contribution in [2.24, 2.45) is 0 Å². The summed E-state index contributed by atoms with van der Waals surface area (Å²) in [4.78, 5) is 72.4. The van der Waals surface area contributed by atoms with Crippen molar-refractivity contribution in [1.29, 1.82) is 0 Å². The van der Waals surface area contributed by atoms with Crippen LogP contribution in [0.5, 0.6) is 0 Å². The number of likely N-dealkylation sites (tertiary alicyclic amines) is 1. The summed E-state index contributed by atoms with van der Waals surface area (Å²) in [5, 5.41) is 19.9. The second-order valence-corrected chi connectivity index (χ2v) is 14.9. The molecule has 2 atom stereocenters. The Labute approximate surface area is 361 Å². The molecule has 0 spiro atoms. The van der Waals surface area contributed by atoms with Crippen LogP contribution in [-0.4, -0.2) is 144 Å². The van der Waals surface area contributed by atoms with Gasteiger partial charge < -0.3 is 55.0 Å². The molecule has 2 unspecified atom stereocenters. The molecule has 1 fully saturated rings. The summed E-state index contributed by atoms with van der Waals surface area (Å²) in [6.07, 6.45) is 21.4. The largest absolute Gasteiger partial charge is 0.481 e. The van der Waals surface area contributed by atoms with E-state index < -0.39 is 12.0 Å². The van der Waals surface area contributed by atoms with Crippen molar-refractivity contribution in [3.63, 3.8) is 0 Å². The van der Waals surface area contributed by atoms with E-state index in [1.807, 2.05) is 13.8 Å². The van der Waals surface area contributed by atoms with Crippen LogP contribution >= 0.6 is 0 Å². The predicted octanol–water partition coefficient (Wildman–Crippen LogP) is 4.70. The standard InChI is InChI=1S/C42H77N5O11.C2H6/c1-43-36(33-48)19-16-17-23-44-38(49)34-57-31-29-55-27-24-45-39(50)35-58-32-30-56-28-25-46-42(54)37-20-18-26-47(37)40(51)21-14-12-10-8-6-4-2-3-5-7-9-11-13-15-22-41(52)53;1-2/h33,36-37,43H,2-32,34-35H2,1H3,(H,44,49)(H,45,50)(H,46,54)(H,52,53);1-2H3. The number of amides is 4. The lowest BCUT2D eigenvalue weighted by molar-refractivity contribution is -0.138. The smallest absolute Gasteiger partial charge is 0.303 e. The summed E-state index contributed by atoms with van der Waals surface area (Å²) in [7, 11) is 1.74. The Hall–Kier alpha value is -3.18. The second-order valence-electron chi connectivity index (χ2n) is 14.9. The number of nitrogens with one attached hydrogen (secondary N) is 4. The van der Waals surface area contributed by atoms with Crippen LogP contribution in [0.4, 0.5) is 0 Å². The third-order valence-electron chi connectivity index (χ3n) is 10.0. The van der Waals surface area contributed by atoms with Crippen LogP contribution in [0.15, 0.2) is 0 Å². The number of likely N-dealkylation sites (N-methyl/N-ethyl adjacent to an activating group) is 1. The molecule has 1 aliphatic heterocycles. The average Bonchev–Trinajstić information content (AvgIpc) is 3.75. The van der Waals surface area contributed by atoms with Crippen LogP contribution in [0.3, 0.4) is 0 Å². The van der Waals surface area contributed by atoms with Crippen LogP contribution in [0.1, 0.15) is 149 Å². The topological polar surface area (TPSA) is 211 Å². The lowest BCUT2D eigenvalue weighted by Gasteiger charge is -2.24. The minimum atomic E-state index is -0.698. The molecule has 0 aromatic carbocycles. The Morgan fingerprint density at radius 3 is 1.58 bits per heavy atom. The number of hydrogen-bond acceptors (Lipinski definition) is 11. The first-order valence-corrected chi connectivity index (χ1v) is 23.0. The first-order chi connectivity index (χ1) is 29.3. The molecule has 1 saturated heterocycles. The Kier molecular flexibility index (Phi) is 40.3. The van der Waals surface area contributed by atoms with Crippen molar-refractivity contribution < 1.29 is 52.8 Å². The predicted molar refractivity (Wildman–Crippen MR) is 233 cm³/mol. The molecule has 0 saturated carbocycles. The summed E-state index contributed by atoms with van der Waals surface area (Å²) >= 11 is 0. The number of ether oxygens (including phenoxy) is 4. The highest BCUT2D eigenvalue weighted by Crippen LogP contribution is 2.20. The van der Waals surface area contributed by atoms with Gasteiger partial charge in [0.25, 0.3) is 0 Å². The highest BCUT2D eigenvalue weighted by Gasteiger charge is 2.33. The highest BCUT2D eigenvalue weighted by molar-refractivity contribution is 5.88. The van der Waals surface area contributed by atoms with E-state index in [-0.39, 0.29) is 75.7 Å². The minimum absolute atomic E-state index is 0.0576. The summed E-state index contributed by atoms with van der Waals surface area (Å²) in [6, 6.07) is -0.568. The van der Waals surface area contributed by atoms with E-state index in [1.165, 1.54) is 51.4 Å². The van der Waals surface area contributed by atoms with Gasteiger partial charge in [0.2, 0.25) is 23.6 Å². The number of carboxylic acid groups (broad SMARTS) is 1. The molecule has 5 N–H and O–H groups in total. The zero-order valence-electron chi connectivity index (χ0n) is 37.5. The van der Waals surface area contributed by atoms with Crippen molar-refractivity contribution >= 4 is 35.9 Å². The zero-order valence-corrected chi connectivity index (χ0v) is 37.5. The first kappa shape index (κ1) is 56.8. The van der Waals surface area contributed by atoms with E-state index in [0.29, 0.717) is 52.2 Å². The SMILES string of the molecule is CC.CNC(C=O)CCCCNC(=O)COCCOCCNC(=O)COCCOCCNC(=O)C1CCCN1C(=O)CCCCCCCCCCCCCCCCC(=O)O. The fourth-order valence-corrected chi connectivity index (χ4v) is 6.65. The van der Waals surface area contributed by atoms with E-state index >= 15 is 0 Å². The number of carboxylic acids is 1. The van der Waals surface area contributed by atoms with Crippen molar-refractivity contribution in [3.8, 4) is 0 Å². The molecule has 4 amide bonds.